The molecule has 5 heteroatoms. The molecule has 2 fully saturated rings. The van der Waals surface area contributed by atoms with Gasteiger partial charge in [-0.15, -0.1) is 0 Å². The van der Waals surface area contributed by atoms with Crippen molar-refractivity contribution in [1.82, 2.24) is 9.80 Å². The van der Waals surface area contributed by atoms with Crippen LogP contribution in [0.1, 0.15) is 31.2 Å². The smallest absolute Gasteiger partial charge is 0.308 e. The lowest BCUT2D eigenvalue weighted by Crippen LogP contribution is -2.46. The molecule has 1 amide bonds. The fourth-order valence-corrected chi connectivity index (χ4v) is 4.03. The maximum Gasteiger partial charge on any atom is 0.308 e. The highest BCUT2D eigenvalue weighted by Crippen LogP contribution is 2.23. The van der Waals surface area contributed by atoms with Gasteiger partial charge >= 0.3 is 5.97 Å². The van der Waals surface area contributed by atoms with Crippen molar-refractivity contribution in [3.05, 3.63) is 35.9 Å². The van der Waals surface area contributed by atoms with Gasteiger partial charge in [-0.25, -0.2) is 0 Å². The van der Waals surface area contributed by atoms with Crippen LogP contribution in [0.25, 0.3) is 0 Å². The first kappa shape index (κ1) is 17.9. The van der Waals surface area contributed by atoms with E-state index in [9.17, 15) is 9.59 Å². The molecule has 0 N–H and O–H groups in total. The lowest BCUT2D eigenvalue weighted by atomic mass is 9.97. The molecule has 2 saturated heterocycles. The molecule has 0 saturated carbocycles. The van der Waals surface area contributed by atoms with Crippen LogP contribution in [0.4, 0.5) is 0 Å². The minimum atomic E-state index is -0.144. The number of benzene rings is 1. The lowest BCUT2D eigenvalue weighted by Gasteiger charge is -2.33. The number of methoxy groups -OCH3 is 1. The van der Waals surface area contributed by atoms with Crippen LogP contribution < -0.4 is 0 Å². The summed E-state index contributed by atoms with van der Waals surface area (Å²) in [5.41, 5.74) is 1.34. The molecule has 2 heterocycles. The van der Waals surface area contributed by atoms with Crippen molar-refractivity contribution in [3.63, 3.8) is 0 Å². The molecule has 25 heavy (non-hydrogen) atoms. The van der Waals surface area contributed by atoms with E-state index in [1.54, 1.807) is 0 Å². The van der Waals surface area contributed by atoms with Gasteiger partial charge in [-0.2, -0.15) is 0 Å². The summed E-state index contributed by atoms with van der Waals surface area (Å²) in [4.78, 5) is 28.5. The highest BCUT2D eigenvalue weighted by atomic mass is 16.5. The predicted molar refractivity (Wildman–Crippen MR) is 96.1 cm³/mol. The van der Waals surface area contributed by atoms with Crippen molar-refractivity contribution < 1.29 is 14.3 Å². The van der Waals surface area contributed by atoms with Crippen molar-refractivity contribution >= 4 is 11.9 Å². The van der Waals surface area contributed by atoms with Crippen molar-refractivity contribution in [1.29, 1.82) is 0 Å². The maximum absolute atomic E-state index is 12.7. The van der Waals surface area contributed by atoms with Gasteiger partial charge in [0.15, 0.2) is 0 Å². The third-order valence-corrected chi connectivity index (χ3v) is 5.53. The normalized spacial score (nSPS) is 22.1. The molecular formula is C20H28N2O3. The molecule has 136 valence electrons. The largest absolute Gasteiger partial charge is 0.469 e. The van der Waals surface area contributed by atoms with Gasteiger partial charge < -0.3 is 9.64 Å². The van der Waals surface area contributed by atoms with Gasteiger partial charge in [0.25, 0.3) is 0 Å². The number of hydrogen-bond donors (Lipinski definition) is 0. The molecule has 1 atom stereocenters. The highest BCUT2D eigenvalue weighted by Gasteiger charge is 2.31. The molecule has 2 aliphatic rings. The Morgan fingerprint density at radius 2 is 1.80 bits per heavy atom. The van der Waals surface area contributed by atoms with E-state index in [4.69, 9.17) is 4.74 Å². The molecule has 0 aliphatic carbocycles. The van der Waals surface area contributed by atoms with Crippen LogP contribution in [0, 0.1) is 5.92 Å². The SMILES string of the molecule is COC(=O)C1CCN(C(=O)CN2CCC[C@H]2Cc2ccccc2)CC1. The molecule has 0 unspecified atom stereocenters. The molecule has 5 nitrogen and oxygen atoms in total. The fourth-order valence-electron chi connectivity index (χ4n) is 4.03. The number of ether oxygens (including phenoxy) is 1. The number of nitrogens with zero attached hydrogens (tertiary/aromatic N) is 2. The van der Waals surface area contributed by atoms with Crippen LogP contribution >= 0.6 is 0 Å². The van der Waals surface area contributed by atoms with E-state index in [0.717, 1.165) is 25.8 Å². The standard InChI is InChI=1S/C20H28N2O3/c1-25-20(24)17-9-12-21(13-10-17)19(23)15-22-11-5-8-18(22)14-16-6-3-2-4-7-16/h2-4,6-7,17-18H,5,8-15H2,1H3/t18-/m0/s1. The second-order valence-corrected chi connectivity index (χ2v) is 7.13. The summed E-state index contributed by atoms with van der Waals surface area (Å²) in [7, 11) is 1.43. The molecular weight excluding hydrogens is 316 g/mol. The van der Waals surface area contributed by atoms with E-state index in [1.165, 1.54) is 12.7 Å². The summed E-state index contributed by atoms with van der Waals surface area (Å²) >= 11 is 0. The lowest BCUT2D eigenvalue weighted by molar-refractivity contribution is -0.149. The molecule has 0 spiro atoms. The molecule has 3 rings (SSSR count). The van der Waals surface area contributed by atoms with Gasteiger partial charge in [-0.3, -0.25) is 14.5 Å². The molecule has 1 aromatic rings. The fraction of sp³-hybridized carbons (Fsp3) is 0.600. The van der Waals surface area contributed by atoms with E-state index in [1.807, 2.05) is 11.0 Å². The van der Waals surface area contributed by atoms with Crippen LogP contribution in [-0.2, 0) is 20.7 Å². The van der Waals surface area contributed by atoms with Crippen molar-refractivity contribution in [2.45, 2.75) is 38.1 Å². The van der Waals surface area contributed by atoms with Crippen LogP contribution in [0.3, 0.4) is 0 Å². The van der Waals surface area contributed by atoms with Gasteiger partial charge in [-0.1, -0.05) is 30.3 Å². The Hall–Kier alpha value is -1.88. The molecule has 0 radical (unpaired) electrons. The average molecular weight is 344 g/mol. The Morgan fingerprint density at radius 3 is 2.48 bits per heavy atom. The number of likely N-dealkylation sites (tertiary alicyclic amines) is 2. The second-order valence-electron chi connectivity index (χ2n) is 7.13. The van der Waals surface area contributed by atoms with Gasteiger partial charge in [0.05, 0.1) is 19.6 Å². The zero-order valence-electron chi connectivity index (χ0n) is 15.0. The summed E-state index contributed by atoms with van der Waals surface area (Å²) in [5.74, 6) is 0.00418. The number of amides is 1. The first-order valence-corrected chi connectivity index (χ1v) is 9.31. The van der Waals surface area contributed by atoms with Crippen molar-refractivity contribution in [2.75, 3.05) is 33.3 Å². The van der Waals surface area contributed by atoms with Gasteiger partial charge in [0.2, 0.25) is 5.91 Å². The molecule has 2 aliphatic heterocycles. The second kappa shape index (κ2) is 8.48. The van der Waals surface area contributed by atoms with Crippen LogP contribution in [0.15, 0.2) is 30.3 Å². The third-order valence-electron chi connectivity index (χ3n) is 5.53. The van der Waals surface area contributed by atoms with E-state index < -0.39 is 0 Å². The zero-order chi connectivity index (χ0) is 17.6. The Morgan fingerprint density at radius 1 is 1.08 bits per heavy atom. The Balaban J connectivity index is 1.49. The van der Waals surface area contributed by atoms with Crippen LogP contribution in [-0.4, -0.2) is 61.0 Å². The van der Waals surface area contributed by atoms with E-state index in [-0.39, 0.29) is 17.8 Å². The van der Waals surface area contributed by atoms with Crippen LogP contribution in [0.2, 0.25) is 0 Å². The minimum Gasteiger partial charge on any atom is -0.469 e. The first-order chi connectivity index (χ1) is 12.2. The average Bonchev–Trinajstić information content (AvgIpc) is 3.08. The highest BCUT2D eigenvalue weighted by molar-refractivity contribution is 5.79. The molecule has 0 aromatic heterocycles. The zero-order valence-corrected chi connectivity index (χ0v) is 15.0. The number of piperidine rings is 1. The monoisotopic (exact) mass is 344 g/mol. The Bertz CT molecular complexity index is 582. The number of rotatable bonds is 5. The topological polar surface area (TPSA) is 49.9 Å². The summed E-state index contributed by atoms with van der Waals surface area (Å²) < 4.78 is 4.81. The van der Waals surface area contributed by atoms with Crippen molar-refractivity contribution in [3.8, 4) is 0 Å². The number of esters is 1. The van der Waals surface area contributed by atoms with Gasteiger partial charge in [0.1, 0.15) is 0 Å². The summed E-state index contributed by atoms with van der Waals surface area (Å²) in [6, 6.07) is 11.0. The van der Waals surface area contributed by atoms with E-state index in [2.05, 4.69) is 29.2 Å². The number of carbonyl (C=O) groups excluding carboxylic acids is 2. The maximum atomic E-state index is 12.7. The summed E-state index contributed by atoms with van der Waals surface area (Å²) in [5, 5.41) is 0. The van der Waals surface area contributed by atoms with E-state index >= 15 is 0 Å². The van der Waals surface area contributed by atoms with E-state index in [0.29, 0.717) is 38.5 Å². The number of carbonyl (C=O) groups is 2. The summed E-state index contributed by atoms with van der Waals surface area (Å²) in [6.07, 6.45) is 4.76. The third kappa shape index (κ3) is 4.60. The Labute approximate surface area is 149 Å². The van der Waals surface area contributed by atoms with Crippen LogP contribution in [0.5, 0.6) is 0 Å². The number of hydrogen-bond acceptors (Lipinski definition) is 4. The quantitative estimate of drug-likeness (QED) is 0.768. The summed E-state index contributed by atoms with van der Waals surface area (Å²) in [6.45, 7) is 2.83. The molecule has 0 bridgehead atoms. The predicted octanol–water partition coefficient (Wildman–Crippen LogP) is 2.11. The van der Waals surface area contributed by atoms with Gasteiger partial charge in [0, 0.05) is 19.1 Å². The first-order valence-electron chi connectivity index (χ1n) is 9.31. The minimum absolute atomic E-state index is 0.0494. The van der Waals surface area contributed by atoms with Gasteiger partial charge in [-0.05, 0) is 44.2 Å². The molecule has 1 aromatic carbocycles. The van der Waals surface area contributed by atoms with Crippen molar-refractivity contribution in [2.24, 2.45) is 5.92 Å². The Kier molecular flexibility index (Phi) is 6.08.